The van der Waals surface area contributed by atoms with Gasteiger partial charge in [-0.15, -0.1) is 0 Å². The maximum absolute atomic E-state index is 12.9. The van der Waals surface area contributed by atoms with Gasteiger partial charge in [0.15, 0.2) is 0 Å². The number of rotatable bonds is 8. The maximum Gasteiger partial charge on any atom is 0.337 e. The fraction of sp³-hybridized carbons (Fsp3) is 0.333. The van der Waals surface area contributed by atoms with Crippen LogP contribution in [-0.4, -0.2) is 40.6 Å². The number of carbonyl (C=O) groups excluding carboxylic acids is 2. The number of hydrogen-bond donors (Lipinski definition) is 2. The van der Waals surface area contributed by atoms with Crippen molar-refractivity contribution in [3.63, 3.8) is 0 Å². The molecule has 9 heteroatoms. The van der Waals surface area contributed by atoms with Crippen molar-refractivity contribution in [1.82, 2.24) is 4.72 Å². The van der Waals surface area contributed by atoms with E-state index in [2.05, 4.69) is 14.8 Å². The molecule has 2 aromatic rings. The number of sulfonamides is 1. The Bertz CT molecular complexity index is 1020. The first-order valence-electron chi connectivity index (χ1n) is 9.28. The summed E-state index contributed by atoms with van der Waals surface area (Å²) in [5, 5.41) is 2.61. The van der Waals surface area contributed by atoms with Gasteiger partial charge in [-0.3, -0.25) is 4.79 Å². The number of benzene rings is 2. The number of methoxy groups -OCH3 is 2. The molecule has 1 atom stereocenters. The summed E-state index contributed by atoms with van der Waals surface area (Å²) in [6.07, 6.45) is 0. The highest BCUT2D eigenvalue weighted by Gasteiger charge is 2.26. The Hall–Kier alpha value is -2.91. The van der Waals surface area contributed by atoms with Crippen molar-refractivity contribution in [1.29, 1.82) is 0 Å². The van der Waals surface area contributed by atoms with E-state index >= 15 is 0 Å². The third-order valence-corrected chi connectivity index (χ3v) is 6.00. The fourth-order valence-corrected chi connectivity index (χ4v) is 4.08. The number of esters is 1. The van der Waals surface area contributed by atoms with E-state index in [0.29, 0.717) is 11.3 Å². The van der Waals surface area contributed by atoms with Crippen molar-refractivity contribution < 1.29 is 27.5 Å². The van der Waals surface area contributed by atoms with Crippen LogP contribution >= 0.6 is 0 Å². The Morgan fingerprint density at radius 3 is 2.13 bits per heavy atom. The van der Waals surface area contributed by atoms with Crippen molar-refractivity contribution in [3.05, 3.63) is 53.6 Å². The van der Waals surface area contributed by atoms with Crippen molar-refractivity contribution >= 4 is 27.6 Å². The second-order valence-electron chi connectivity index (χ2n) is 6.97. The van der Waals surface area contributed by atoms with E-state index in [1.165, 1.54) is 45.4 Å². The van der Waals surface area contributed by atoms with Crippen LogP contribution in [0.3, 0.4) is 0 Å². The molecule has 0 aliphatic heterocycles. The predicted octanol–water partition coefficient (Wildman–Crippen LogP) is 2.91. The first kappa shape index (κ1) is 23.4. The maximum atomic E-state index is 12.9. The summed E-state index contributed by atoms with van der Waals surface area (Å²) in [4.78, 5) is 23.9. The van der Waals surface area contributed by atoms with Crippen molar-refractivity contribution in [2.75, 3.05) is 19.5 Å². The normalized spacial score (nSPS) is 12.3. The van der Waals surface area contributed by atoms with Crippen LogP contribution in [0.2, 0.25) is 0 Å². The van der Waals surface area contributed by atoms with Gasteiger partial charge >= 0.3 is 5.97 Å². The van der Waals surface area contributed by atoms with Gasteiger partial charge in [-0.2, -0.15) is 4.72 Å². The molecule has 0 saturated carbocycles. The van der Waals surface area contributed by atoms with Gasteiger partial charge in [0.2, 0.25) is 15.9 Å². The molecule has 0 aliphatic rings. The molecular weight excluding hydrogens is 408 g/mol. The van der Waals surface area contributed by atoms with Gasteiger partial charge in [-0.25, -0.2) is 13.2 Å². The van der Waals surface area contributed by atoms with E-state index in [4.69, 9.17) is 4.74 Å². The molecule has 0 spiro atoms. The number of carbonyl (C=O) groups is 2. The highest BCUT2D eigenvalue weighted by molar-refractivity contribution is 7.89. The van der Waals surface area contributed by atoms with E-state index in [0.717, 1.165) is 5.56 Å². The third-order valence-electron chi connectivity index (χ3n) is 4.44. The highest BCUT2D eigenvalue weighted by atomic mass is 32.2. The zero-order valence-electron chi connectivity index (χ0n) is 17.6. The smallest absolute Gasteiger partial charge is 0.337 e. The van der Waals surface area contributed by atoms with Crippen LogP contribution in [0, 0.1) is 0 Å². The van der Waals surface area contributed by atoms with Gasteiger partial charge in [0.05, 0.1) is 25.8 Å². The lowest BCUT2D eigenvalue weighted by Gasteiger charge is -2.17. The molecule has 2 rings (SSSR count). The number of ether oxygens (including phenoxy) is 2. The second-order valence-corrected chi connectivity index (χ2v) is 8.65. The quantitative estimate of drug-likeness (QED) is 0.618. The molecule has 1 amide bonds. The number of hydrogen-bond acceptors (Lipinski definition) is 6. The van der Waals surface area contributed by atoms with E-state index in [1.54, 1.807) is 18.2 Å². The van der Waals surface area contributed by atoms with Gasteiger partial charge < -0.3 is 14.8 Å². The van der Waals surface area contributed by atoms with Gasteiger partial charge in [0.1, 0.15) is 10.6 Å². The first-order valence-corrected chi connectivity index (χ1v) is 10.8. The minimum atomic E-state index is -4.01. The molecule has 0 radical (unpaired) electrons. The molecule has 0 aliphatic carbocycles. The molecule has 0 saturated heterocycles. The summed E-state index contributed by atoms with van der Waals surface area (Å²) in [6, 6.07) is 9.94. The van der Waals surface area contributed by atoms with Crippen LogP contribution in [-0.2, 0) is 19.6 Å². The third kappa shape index (κ3) is 5.58. The molecule has 1 unspecified atom stereocenters. The van der Waals surface area contributed by atoms with E-state index in [1.807, 2.05) is 13.8 Å². The summed E-state index contributed by atoms with van der Waals surface area (Å²) in [5.74, 6) is -0.730. The minimum absolute atomic E-state index is 0.0294. The lowest BCUT2D eigenvalue weighted by Crippen LogP contribution is -2.41. The van der Waals surface area contributed by atoms with Crippen LogP contribution < -0.4 is 14.8 Å². The second kappa shape index (κ2) is 9.73. The predicted molar refractivity (Wildman–Crippen MR) is 113 cm³/mol. The molecule has 162 valence electrons. The van der Waals surface area contributed by atoms with E-state index in [-0.39, 0.29) is 16.6 Å². The number of nitrogens with one attached hydrogen (secondary N) is 2. The van der Waals surface area contributed by atoms with Gasteiger partial charge in [-0.1, -0.05) is 19.9 Å². The minimum Gasteiger partial charge on any atom is -0.495 e. The fourth-order valence-electron chi connectivity index (χ4n) is 2.67. The number of amides is 1. The van der Waals surface area contributed by atoms with Gasteiger partial charge in [0.25, 0.3) is 0 Å². The Kier molecular flexibility index (Phi) is 7.58. The first-order chi connectivity index (χ1) is 14.1. The monoisotopic (exact) mass is 434 g/mol. The average Bonchev–Trinajstić information content (AvgIpc) is 2.72. The molecule has 0 aromatic heterocycles. The van der Waals surface area contributed by atoms with Crippen LogP contribution in [0.1, 0.15) is 42.6 Å². The molecule has 30 heavy (non-hydrogen) atoms. The van der Waals surface area contributed by atoms with Gasteiger partial charge in [-0.05, 0) is 54.8 Å². The molecule has 2 aromatic carbocycles. The van der Waals surface area contributed by atoms with Crippen LogP contribution in [0.5, 0.6) is 5.75 Å². The Morgan fingerprint density at radius 1 is 0.967 bits per heavy atom. The average molecular weight is 435 g/mol. The van der Waals surface area contributed by atoms with Crippen LogP contribution in [0.15, 0.2) is 47.4 Å². The molecule has 0 bridgehead atoms. The molecule has 8 nitrogen and oxygen atoms in total. The SMILES string of the molecule is COC(=O)c1ccc(NC(=O)C(C)NS(=O)(=O)c2cc(C(C)C)ccc2OC)cc1. The van der Waals surface area contributed by atoms with Crippen LogP contribution in [0.4, 0.5) is 5.69 Å². The zero-order chi connectivity index (χ0) is 22.5. The molecule has 0 heterocycles. The summed E-state index contributed by atoms with van der Waals surface area (Å²) >= 11 is 0. The summed E-state index contributed by atoms with van der Waals surface area (Å²) in [5.41, 5.74) is 1.58. The van der Waals surface area contributed by atoms with Crippen molar-refractivity contribution in [3.8, 4) is 5.75 Å². The molecule has 2 N–H and O–H groups in total. The lowest BCUT2D eigenvalue weighted by atomic mass is 10.0. The Labute approximate surface area is 176 Å². The zero-order valence-corrected chi connectivity index (χ0v) is 18.4. The van der Waals surface area contributed by atoms with Crippen LogP contribution in [0.25, 0.3) is 0 Å². The van der Waals surface area contributed by atoms with Crippen molar-refractivity contribution in [2.24, 2.45) is 0 Å². The largest absolute Gasteiger partial charge is 0.495 e. The van der Waals surface area contributed by atoms with Crippen molar-refractivity contribution in [2.45, 2.75) is 37.6 Å². The standard InChI is InChI=1S/C21H26N2O6S/c1-13(2)16-8-11-18(28-4)19(12-16)30(26,27)23-14(3)20(24)22-17-9-6-15(7-10-17)21(25)29-5/h6-14,23H,1-5H3,(H,22,24). The summed E-state index contributed by atoms with van der Waals surface area (Å²) < 4.78 is 38.0. The highest BCUT2D eigenvalue weighted by Crippen LogP contribution is 2.28. The van der Waals surface area contributed by atoms with Gasteiger partial charge in [0, 0.05) is 5.69 Å². The summed E-state index contributed by atoms with van der Waals surface area (Å²) in [6.45, 7) is 5.34. The lowest BCUT2D eigenvalue weighted by molar-refractivity contribution is -0.117. The Morgan fingerprint density at radius 2 is 1.60 bits per heavy atom. The van der Waals surface area contributed by atoms with E-state index in [9.17, 15) is 18.0 Å². The molecular formula is C21H26N2O6S. The topological polar surface area (TPSA) is 111 Å². The molecule has 0 fully saturated rings. The number of anilines is 1. The Balaban J connectivity index is 2.16. The van der Waals surface area contributed by atoms with E-state index < -0.39 is 27.9 Å². The summed E-state index contributed by atoms with van der Waals surface area (Å²) in [7, 11) is -1.35.